The summed E-state index contributed by atoms with van der Waals surface area (Å²) >= 11 is 1.61. The topological polar surface area (TPSA) is 48.1 Å². The van der Waals surface area contributed by atoms with Crippen LogP contribution in [0, 0.1) is 0 Å². The fourth-order valence-electron chi connectivity index (χ4n) is 1.24. The first-order valence-corrected chi connectivity index (χ1v) is 4.52. The smallest absolute Gasteiger partial charge is 0.124 e. The Labute approximate surface area is 69.2 Å². The number of nitrogens with zero attached hydrogens (tertiary/aromatic N) is 1. The number of aromatic nitrogens is 1. The Kier molecular flexibility index (Phi) is 1.89. The Bertz CT molecular complexity index is 224. The maximum Gasteiger partial charge on any atom is 0.124 e. The quantitative estimate of drug-likeness (QED) is 0.682. The zero-order valence-corrected chi connectivity index (χ0v) is 6.88. The monoisotopic (exact) mass is 170 g/mol. The van der Waals surface area contributed by atoms with Gasteiger partial charge in [0.05, 0.1) is 0 Å². The van der Waals surface area contributed by atoms with Crippen LogP contribution in [0.4, 0.5) is 0 Å². The normalized spacial score (nSPS) is 31.0. The lowest BCUT2D eigenvalue weighted by atomic mass is 10.2. The van der Waals surface area contributed by atoms with Gasteiger partial charge in [-0.25, -0.2) is 4.98 Å². The van der Waals surface area contributed by atoms with Crippen molar-refractivity contribution < 1.29 is 4.74 Å². The lowest BCUT2D eigenvalue weighted by Gasteiger charge is -2.09. The fraction of sp³-hybridized carbons (Fsp3) is 0.571. The largest absolute Gasteiger partial charge is 0.369 e. The van der Waals surface area contributed by atoms with E-state index >= 15 is 0 Å². The third-order valence-corrected chi connectivity index (χ3v) is 2.67. The number of hydrogen-bond acceptors (Lipinski definition) is 4. The molecule has 0 amide bonds. The van der Waals surface area contributed by atoms with Gasteiger partial charge in [0.25, 0.3) is 0 Å². The molecule has 2 rings (SSSR count). The first-order valence-electron chi connectivity index (χ1n) is 3.64. The van der Waals surface area contributed by atoms with Crippen molar-refractivity contribution in [2.24, 2.45) is 5.73 Å². The van der Waals surface area contributed by atoms with Crippen molar-refractivity contribution in [3.05, 3.63) is 16.6 Å². The summed E-state index contributed by atoms with van der Waals surface area (Å²) in [5.74, 6) is 0. The molecule has 1 aliphatic rings. The number of rotatable bonds is 1. The van der Waals surface area contributed by atoms with E-state index in [4.69, 9.17) is 10.5 Å². The Balaban J connectivity index is 2.16. The Morgan fingerprint density at radius 3 is 3.18 bits per heavy atom. The van der Waals surface area contributed by atoms with Crippen molar-refractivity contribution in [2.75, 3.05) is 6.61 Å². The lowest BCUT2D eigenvalue weighted by Crippen LogP contribution is -2.23. The molecular formula is C7H10N2OS. The summed E-state index contributed by atoms with van der Waals surface area (Å²) in [6.07, 6.45) is 2.79. The predicted octanol–water partition coefficient (Wildman–Crippen LogP) is 0.932. The minimum Gasteiger partial charge on any atom is -0.369 e. The molecule has 1 aromatic heterocycles. The zero-order valence-electron chi connectivity index (χ0n) is 6.06. The third kappa shape index (κ3) is 1.29. The van der Waals surface area contributed by atoms with E-state index in [1.165, 1.54) is 0 Å². The van der Waals surface area contributed by atoms with E-state index in [0.29, 0.717) is 0 Å². The molecule has 1 saturated heterocycles. The molecule has 0 radical (unpaired) electrons. The molecule has 2 atom stereocenters. The van der Waals surface area contributed by atoms with Gasteiger partial charge in [0, 0.05) is 24.2 Å². The first kappa shape index (κ1) is 7.21. The van der Waals surface area contributed by atoms with Crippen LogP contribution in [-0.4, -0.2) is 17.6 Å². The van der Waals surface area contributed by atoms with Crippen LogP contribution in [0.15, 0.2) is 11.6 Å². The Morgan fingerprint density at radius 2 is 2.64 bits per heavy atom. The van der Waals surface area contributed by atoms with Crippen LogP contribution in [0.25, 0.3) is 0 Å². The minimum atomic E-state index is 0.0509. The summed E-state index contributed by atoms with van der Waals surface area (Å²) in [5.41, 5.74) is 5.81. The first-order chi connectivity index (χ1) is 5.38. The summed E-state index contributed by atoms with van der Waals surface area (Å²) in [6.45, 7) is 0.769. The van der Waals surface area contributed by atoms with Gasteiger partial charge in [-0.1, -0.05) is 0 Å². The number of hydrogen-bond donors (Lipinski definition) is 1. The second-order valence-corrected chi connectivity index (χ2v) is 3.54. The molecule has 0 saturated carbocycles. The minimum absolute atomic E-state index is 0.0509. The van der Waals surface area contributed by atoms with Crippen LogP contribution in [0.2, 0.25) is 0 Å². The van der Waals surface area contributed by atoms with Crippen LogP contribution < -0.4 is 5.73 Å². The molecule has 11 heavy (non-hydrogen) atoms. The second-order valence-electron chi connectivity index (χ2n) is 2.61. The fourth-order valence-corrected chi connectivity index (χ4v) is 2.00. The average molecular weight is 170 g/mol. The Hall–Kier alpha value is -0.450. The van der Waals surface area contributed by atoms with E-state index in [0.717, 1.165) is 18.0 Å². The van der Waals surface area contributed by atoms with Crippen LogP contribution in [-0.2, 0) is 4.74 Å². The summed E-state index contributed by atoms with van der Waals surface area (Å²) in [7, 11) is 0. The SMILES string of the molecule is NC1CCOC1c1nccs1. The molecule has 60 valence electrons. The van der Waals surface area contributed by atoms with Gasteiger partial charge in [0.1, 0.15) is 11.1 Å². The van der Waals surface area contributed by atoms with Crippen LogP contribution in [0.3, 0.4) is 0 Å². The molecular weight excluding hydrogens is 160 g/mol. The van der Waals surface area contributed by atoms with E-state index < -0.39 is 0 Å². The van der Waals surface area contributed by atoms with E-state index in [-0.39, 0.29) is 12.1 Å². The molecule has 1 fully saturated rings. The van der Waals surface area contributed by atoms with Gasteiger partial charge in [-0.05, 0) is 6.42 Å². The number of nitrogens with two attached hydrogens (primary N) is 1. The van der Waals surface area contributed by atoms with Gasteiger partial charge in [-0.3, -0.25) is 0 Å². The molecule has 3 nitrogen and oxygen atoms in total. The highest BCUT2D eigenvalue weighted by Crippen LogP contribution is 2.28. The zero-order chi connectivity index (χ0) is 7.68. The van der Waals surface area contributed by atoms with Crippen molar-refractivity contribution in [1.82, 2.24) is 4.98 Å². The van der Waals surface area contributed by atoms with Crippen molar-refractivity contribution in [3.8, 4) is 0 Å². The van der Waals surface area contributed by atoms with Gasteiger partial charge in [-0.2, -0.15) is 0 Å². The van der Waals surface area contributed by atoms with Crippen molar-refractivity contribution in [3.63, 3.8) is 0 Å². The summed E-state index contributed by atoms with van der Waals surface area (Å²) in [5, 5.41) is 2.96. The maximum absolute atomic E-state index is 5.81. The van der Waals surface area contributed by atoms with Crippen LogP contribution in [0.5, 0.6) is 0 Å². The van der Waals surface area contributed by atoms with Gasteiger partial charge >= 0.3 is 0 Å². The molecule has 2 unspecified atom stereocenters. The highest BCUT2D eigenvalue weighted by molar-refractivity contribution is 7.09. The van der Waals surface area contributed by atoms with Gasteiger partial charge in [0.2, 0.25) is 0 Å². The highest BCUT2D eigenvalue weighted by Gasteiger charge is 2.27. The molecule has 4 heteroatoms. The van der Waals surface area contributed by atoms with E-state index in [2.05, 4.69) is 4.98 Å². The summed E-state index contributed by atoms with van der Waals surface area (Å²) in [6, 6.07) is 0.140. The summed E-state index contributed by atoms with van der Waals surface area (Å²) < 4.78 is 5.43. The third-order valence-electron chi connectivity index (χ3n) is 1.83. The molecule has 2 N–H and O–H groups in total. The van der Waals surface area contributed by atoms with E-state index in [1.54, 1.807) is 17.5 Å². The summed E-state index contributed by atoms with van der Waals surface area (Å²) in [4.78, 5) is 4.16. The average Bonchev–Trinajstić information content (AvgIpc) is 2.55. The predicted molar refractivity (Wildman–Crippen MR) is 43.4 cm³/mol. The van der Waals surface area contributed by atoms with Crippen LogP contribution >= 0.6 is 11.3 Å². The standard InChI is InChI=1S/C7H10N2OS/c8-5-1-3-10-6(5)7-9-2-4-11-7/h2,4-6H,1,3,8H2. The number of ether oxygens (including phenoxy) is 1. The van der Waals surface area contributed by atoms with Crippen molar-refractivity contribution >= 4 is 11.3 Å². The van der Waals surface area contributed by atoms with Gasteiger partial charge < -0.3 is 10.5 Å². The van der Waals surface area contributed by atoms with Crippen molar-refractivity contribution in [2.45, 2.75) is 18.6 Å². The molecule has 0 spiro atoms. The molecule has 0 bridgehead atoms. The maximum atomic E-state index is 5.81. The van der Waals surface area contributed by atoms with E-state index in [1.807, 2.05) is 5.38 Å². The van der Waals surface area contributed by atoms with Gasteiger partial charge in [0.15, 0.2) is 0 Å². The number of thiazole rings is 1. The molecule has 0 aliphatic carbocycles. The molecule has 1 aliphatic heterocycles. The van der Waals surface area contributed by atoms with E-state index in [9.17, 15) is 0 Å². The van der Waals surface area contributed by atoms with Crippen molar-refractivity contribution in [1.29, 1.82) is 0 Å². The van der Waals surface area contributed by atoms with Gasteiger partial charge in [-0.15, -0.1) is 11.3 Å². The van der Waals surface area contributed by atoms with Crippen LogP contribution in [0.1, 0.15) is 17.5 Å². The lowest BCUT2D eigenvalue weighted by molar-refractivity contribution is 0.105. The molecule has 0 aromatic carbocycles. The highest BCUT2D eigenvalue weighted by atomic mass is 32.1. The second kappa shape index (κ2) is 2.89. The Morgan fingerprint density at radius 1 is 1.73 bits per heavy atom. The molecule has 2 heterocycles. The molecule has 1 aromatic rings.